The zero-order valence-electron chi connectivity index (χ0n) is 8.59. The van der Waals surface area contributed by atoms with Gasteiger partial charge in [-0.25, -0.2) is 9.67 Å². The molecule has 7 heteroatoms. The van der Waals surface area contributed by atoms with E-state index in [1.54, 1.807) is 6.20 Å². The van der Waals surface area contributed by atoms with Gasteiger partial charge in [-0.3, -0.25) is 0 Å². The monoisotopic (exact) mass is 239 g/mol. The summed E-state index contributed by atoms with van der Waals surface area (Å²) in [7, 11) is 0. The first-order chi connectivity index (χ1) is 7.72. The van der Waals surface area contributed by atoms with Crippen molar-refractivity contribution in [1.29, 1.82) is 0 Å². The number of anilines is 1. The zero-order chi connectivity index (χ0) is 11.5. The van der Waals surface area contributed by atoms with Crippen molar-refractivity contribution in [3.8, 4) is 11.7 Å². The maximum absolute atomic E-state index is 5.86. The van der Waals surface area contributed by atoms with Crippen LogP contribution in [0.3, 0.4) is 0 Å². The number of nitrogens with zero attached hydrogens (tertiary/aromatic N) is 4. The van der Waals surface area contributed by atoms with Crippen LogP contribution in [0.25, 0.3) is 5.82 Å². The molecular formula is C9H10ClN5O. The highest BCUT2D eigenvalue weighted by Gasteiger charge is 2.11. The van der Waals surface area contributed by atoms with Crippen LogP contribution < -0.4 is 10.5 Å². The van der Waals surface area contributed by atoms with Crippen LogP contribution in [-0.4, -0.2) is 26.4 Å². The van der Waals surface area contributed by atoms with Crippen molar-refractivity contribution >= 4 is 17.3 Å². The normalized spacial score (nSPS) is 10.4. The second-order valence-electron chi connectivity index (χ2n) is 2.95. The molecule has 0 spiro atoms. The Morgan fingerprint density at radius 3 is 2.94 bits per heavy atom. The lowest BCUT2D eigenvalue weighted by Gasteiger charge is -2.08. The molecule has 16 heavy (non-hydrogen) atoms. The molecule has 0 atom stereocenters. The van der Waals surface area contributed by atoms with E-state index < -0.39 is 0 Å². The van der Waals surface area contributed by atoms with Crippen LogP contribution >= 0.6 is 11.6 Å². The predicted octanol–water partition coefficient (Wildman–Crippen LogP) is 1.30. The maximum atomic E-state index is 5.86. The third-order valence-corrected chi connectivity index (χ3v) is 2.07. The minimum atomic E-state index is 0.337. The standard InChI is InChI=1S/C9H10ClN5O/c1-2-16-9-7(11)8(12-5-13-9)15-4-6(10)3-14-15/h3-5H,2,11H2,1H3. The van der Waals surface area contributed by atoms with Gasteiger partial charge in [0.15, 0.2) is 5.82 Å². The summed E-state index contributed by atoms with van der Waals surface area (Å²) in [5.74, 6) is 0.796. The Balaban J connectivity index is 2.45. The molecule has 0 aliphatic rings. The van der Waals surface area contributed by atoms with Crippen LogP contribution in [0.4, 0.5) is 5.69 Å². The maximum Gasteiger partial charge on any atom is 0.242 e. The summed E-state index contributed by atoms with van der Waals surface area (Å²) < 4.78 is 6.73. The zero-order valence-corrected chi connectivity index (χ0v) is 9.35. The molecule has 2 aromatic heterocycles. The van der Waals surface area contributed by atoms with Gasteiger partial charge < -0.3 is 10.5 Å². The molecule has 0 fully saturated rings. The third kappa shape index (κ3) is 1.92. The van der Waals surface area contributed by atoms with Crippen LogP contribution in [0.1, 0.15) is 6.92 Å². The molecule has 0 amide bonds. The topological polar surface area (TPSA) is 78.9 Å². The molecule has 2 N–H and O–H groups in total. The molecule has 0 radical (unpaired) electrons. The molecule has 0 aliphatic heterocycles. The summed E-state index contributed by atoms with van der Waals surface area (Å²) in [4.78, 5) is 7.96. The van der Waals surface area contributed by atoms with Crippen molar-refractivity contribution in [2.75, 3.05) is 12.3 Å². The van der Waals surface area contributed by atoms with Crippen molar-refractivity contribution in [3.63, 3.8) is 0 Å². The number of halogens is 1. The number of hydrogen-bond donors (Lipinski definition) is 1. The largest absolute Gasteiger partial charge is 0.476 e. The van der Waals surface area contributed by atoms with E-state index in [2.05, 4.69) is 15.1 Å². The Hall–Kier alpha value is -1.82. The predicted molar refractivity (Wildman–Crippen MR) is 59.7 cm³/mol. The van der Waals surface area contributed by atoms with E-state index in [0.29, 0.717) is 29.0 Å². The molecule has 0 aromatic carbocycles. The van der Waals surface area contributed by atoms with E-state index in [1.807, 2.05) is 6.92 Å². The van der Waals surface area contributed by atoms with E-state index in [0.717, 1.165) is 0 Å². The van der Waals surface area contributed by atoms with Crippen molar-refractivity contribution in [3.05, 3.63) is 23.7 Å². The fourth-order valence-corrected chi connectivity index (χ4v) is 1.36. The second-order valence-corrected chi connectivity index (χ2v) is 3.39. The SMILES string of the molecule is CCOc1ncnc(-n2cc(Cl)cn2)c1N. The highest BCUT2D eigenvalue weighted by atomic mass is 35.5. The number of hydrogen-bond acceptors (Lipinski definition) is 5. The minimum absolute atomic E-state index is 0.337. The first-order valence-corrected chi connectivity index (χ1v) is 5.04. The molecule has 2 heterocycles. The summed E-state index contributed by atoms with van der Waals surface area (Å²) in [6.45, 7) is 2.34. The molecule has 0 bridgehead atoms. The Kier molecular flexibility index (Phi) is 2.91. The van der Waals surface area contributed by atoms with E-state index in [9.17, 15) is 0 Å². The van der Waals surface area contributed by atoms with Gasteiger partial charge in [-0.15, -0.1) is 0 Å². The first-order valence-electron chi connectivity index (χ1n) is 4.66. The average Bonchev–Trinajstić information content (AvgIpc) is 2.68. The third-order valence-electron chi connectivity index (χ3n) is 1.88. The van der Waals surface area contributed by atoms with Gasteiger partial charge in [0.2, 0.25) is 5.88 Å². The van der Waals surface area contributed by atoms with E-state index in [-0.39, 0.29) is 0 Å². The van der Waals surface area contributed by atoms with Crippen molar-refractivity contribution in [2.45, 2.75) is 6.92 Å². The van der Waals surface area contributed by atoms with Gasteiger partial charge in [-0.05, 0) is 6.92 Å². The van der Waals surface area contributed by atoms with Crippen molar-refractivity contribution in [1.82, 2.24) is 19.7 Å². The summed E-state index contributed by atoms with van der Waals surface area (Å²) in [5.41, 5.74) is 6.19. The van der Waals surface area contributed by atoms with Crippen LogP contribution in [0, 0.1) is 0 Å². The smallest absolute Gasteiger partial charge is 0.242 e. The van der Waals surface area contributed by atoms with Gasteiger partial charge in [0.25, 0.3) is 0 Å². The van der Waals surface area contributed by atoms with E-state index in [1.165, 1.54) is 17.2 Å². The highest BCUT2D eigenvalue weighted by Crippen LogP contribution is 2.23. The van der Waals surface area contributed by atoms with E-state index in [4.69, 9.17) is 22.1 Å². The lowest BCUT2D eigenvalue weighted by Crippen LogP contribution is -2.07. The van der Waals surface area contributed by atoms with E-state index >= 15 is 0 Å². The second kappa shape index (κ2) is 4.36. The lowest BCUT2D eigenvalue weighted by molar-refractivity contribution is 0.328. The van der Waals surface area contributed by atoms with Gasteiger partial charge in [-0.1, -0.05) is 11.6 Å². The molecule has 0 unspecified atom stereocenters. The average molecular weight is 240 g/mol. The Labute approximate surface area is 97.0 Å². The molecular weight excluding hydrogens is 230 g/mol. The summed E-state index contributed by atoms with van der Waals surface area (Å²) in [5, 5.41) is 4.52. The van der Waals surface area contributed by atoms with Crippen molar-refractivity contribution < 1.29 is 4.74 Å². The Morgan fingerprint density at radius 2 is 2.31 bits per heavy atom. The van der Waals surface area contributed by atoms with Crippen LogP contribution in [-0.2, 0) is 0 Å². The molecule has 84 valence electrons. The van der Waals surface area contributed by atoms with Gasteiger partial charge in [-0.2, -0.15) is 10.1 Å². The summed E-state index contributed by atoms with van der Waals surface area (Å²) in [6.07, 6.45) is 4.48. The molecule has 6 nitrogen and oxygen atoms in total. The molecule has 0 aliphatic carbocycles. The van der Waals surface area contributed by atoms with Gasteiger partial charge in [0.1, 0.15) is 12.0 Å². The fourth-order valence-electron chi connectivity index (χ4n) is 1.22. The van der Waals surface area contributed by atoms with Crippen molar-refractivity contribution in [2.24, 2.45) is 0 Å². The van der Waals surface area contributed by atoms with Crippen LogP contribution in [0.15, 0.2) is 18.7 Å². The number of nitrogens with two attached hydrogens (primary N) is 1. The molecule has 0 saturated carbocycles. The summed E-state index contributed by atoms with van der Waals surface area (Å²) in [6, 6.07) is 0. The summed E-state index contributed by atoms with van der Waals surface area (Å²) >= 11 is 5.76. The van der Waals surface area contributed by atoms with Gasteiger partial charge in [0.05, 0.1) is 24.0 Å². The number of ether oxygens (including phenoxy) is 1. The lowest BCUT2D eigenvalue weighted by atomic mass is 10.4. The molecule has 0 saturated heterocycles. The number of aromatic nitrogens is 4. The number of nitrogen functional groups attached to an aromatic ring is 1. The Morgan fingerprint density at radius 1 is 1.50 bits per heavy atom. The quantitative estimate of drug-likeness (QED) is 0.873. The minimum Gasteiger partial charge on any atom is -0.476 e. The fraction of sp³-hybridized carbons (Fsp3) is 0.222. The number of rotatable bonds is 3. The molecule has 2 rings (SSSR count). The first kappa shape index (κ1) is 10.7. The van der Waals surface area contributed by atoms with Gasteiger partial charge in [0, 0.05) is 0 Å². The highest BCUT2D eigenvalue weighted by molar-refractivity contribution is 6.30. The Bertz CT molecular complexity index is 498. The van der Waals surface area contributed by atoms with Crippen LogP contribution in [0.5, 0.6) is 5.88 Å². The van der Waals surface area contributed by atoms with Crippen LogP contribution in [0.2, 0.25) is 5.02 Å². The van der Waals surface area contributed by atoms with Gasteiger partial charge >= 0.3 is 0 Å². The molecule has 2 aromatic rings.